The Balaban J connectivity index is 1.29. The second kappa shape index (κ2) is 5.73. The topological polar surface area (TPSA) is 48.1 Å². The first-order chi connectivity index (χ1) is 10.9. The first-order valence-corrected chi connectivity index (χ1v) is 9.88. The molecule has 124 valence electrons. The van der Waals surface area contributed by atoms with Crippen molar-refractivity contribution in [3.05, 3.63) is 0 Å². The van der Waals surface area contributed by atoms with Gasteiger partial charge in [-0.05, 0) is 74.0 Å². The van der Waals surface area contributed by atoms with Crippen LogP contribution in [-0.2, 0) is 0 Å². The molecule has 0 spiro atoms. The van der Waals surface area contributed by atoms with Gasteiger partial charge in [-0.25, -0.2) is 10.9 Å². The highest BCUT2D eigenvalue weighted by atomic mass is 15.8. The highest BCUT2D eigenvalue weighted by molar-refractivity contribution is 5.00. The highest BCUT2D eigenvalue weighted by Gasteiger charge is 2.47. The van der Waals surface area contributed by atoms with Gasteiger partial charge < -0.3 is 0 Å². The molecule has 1 saturated heterocycles. The van der Waals surface area contributed by atoms with Gasteiger partial charge in [-0.1, -0.05) is 25.7 Å². The van der Waals surface area contributed by atoms with E-state index in [1.165, 1.54) is 38.5 Å². The average molecular weight is 304 g/mol. The van der Waals surface area contributed by atoms with Gasteiger partial charge in [0.2, 0.25) is 0 Å². The molecule has 1 aliphatic heterocycles. The van der Waals surface area contributed by atoms with E-state index in [4.69, 9.17) is 0 Å². The fourth-order valence-corrected chi connectivity index (χ4v) is 6.94. The Bertz CT molecular complexity index is 340. The van der Waals surface area contributed by atoms with Crippen LogP contribution in [0.2, 0.25) is 0 Å². The maximum absolute atomic E-state index is 3.45. The number of nitrogens with one attached hydrogen (secondary N) is 4. The molecule has 0 amide bonds. The highest BCUT2D eigenvalue weighted by Crippen LogP contribution is 2.54. The van der Waals surface area contributed by atoms with Crippen molar-refractivity contribution < 1.29 is 0 Å². The molecular formula is C18H32N4. The van der Waals surface area contributed by atoms with Crippen molar-refractivity contribution >= 4 is 0 Å². The zero-order valence-corrected chi connectivity index (χ0v) is 13.7. The van der Waals surface area contributed by atoms with Gasteiger partial charge >= 0.3 is 0 Å². The van der Waals surface area contributed by atoms with Crippen molar-refractivity contribution in [1.82, 2.24) is 21.9 Å². The zero-order valence-electron chi connectivity index (χ0n) is 13.7. The van der Waals surface area contributed by atoms with E-state index in [2.05, 4.69) is 21.9 Å². The van der Waals surface area contributed by atoms with Crippen LogP contribution in [0.1, 0.15) is 64.2 Å². The second-order valence-electron chi connectivity index (χ2n) is 9.01. The molecule has 4 nitrogen and oxygen atoms in total. The van der Waals surface area contributed by atoms with Gasteiger partial charge in [-0.2, -0.15) is 11.1 Å². The van der Waals surface area contributed by atoms with Crippen LogP contribution < -0.4 is 21.9 Å². The minimum Gasteiger partial charge on any atom is -0.238 e. The molecule has 5 aliphatic rings. The lowest BCUT2D eigenvalue weighted by atomic mass is 9.54. The Morgan fingerprint density at radius 1 is 0.455 bits per heavy atom. The summed E-state index contributed by atoms with van der Waals surface area (Å²) in [6.07, 6.45) is 15.1. The third kappa shape index (κ3) is 2.43. The average Bonchev–Trinajstić information content (AvgIpc) is 2.56. The summed E-state index contributed by atoms with van der Waals surface area (Å²) < 4.78 is 0. The normalized spacial score (nSPS) is 54.5. The zero-order chi connectivity index (χ0) is 14.5. The number of fused-ring (bicyclic) bond motifs is 4. The molecular weight excluding hydrogens is 272 g/mol. The molecule has 8 unspecified atom stereocenters. The largest absolute Gasteiger partial charge is 0.238 e. The Morgan fingerprint density at radius 3 is 1.36 bits per heavy atom. The summed E-state index contributed by atoms with van der Waals surface area (Å²) >= 11 is 0. The van der Waals surface area contributed by atoms with Crippen LogP contribution in [0.25, 0.3) is 0 Å². The predicted molar refractivity (Wildman–Crippen MR) is 87.2 cm³/mol. The van der Waals surface area contributed by atoms with Gasteiger partial charge in [0.1, 0.15) is 0 Å². The standard InChI is InChI=1S/C18H32N4/c1-2-4-12-6-14-8-16-10-18-17(19-21-22-20-18)9-15(16)7-13(14)5-11(12)3-1/h11-22H,1-10H2. The molecule has 5 fully saturated rings. The molecule has 4 N–H and O–H groups in total. The summed E-state index contributed by atoms with van der Waals surface area (Å²) in [7, 11) is 0. The molecule has 8 atom stereocenters. The van der Waals surface area contributed by atoms with E-state index >= 15 is 0 Å². The van der Waals surface area contributed by atoms with Gasteiger partial charge in [-0.3, -0.25) is 0 Å². The lowest BCUT2D eigenvalue weighted by molar-refractivity contribution is -0.0244. The SMILES string of the molecule is C1CCC2CC3CC4CC5NNNNC5CC4CC3CC2C1. The summed E-state index contributed by atoms with van der Waals surface area (Å²) in [5, 5.41) is 0. The van der Waals surface area contributed by atoms with Crippen molar-refractivity contribution in [2.45, 2.75) is 76.3 Å². The lowest BCUT2D eigenvalue weighted by Crippen LogP contribution is -2.70. The molecule has 5 rings (SSSR count). The van der Waals surface area contributed by atoms with E-state index in [1.54, 1.807) is 25.7 Å². The van der Waals surface area contributed by atoms with E-state index in [1.807, 2.05) is 0 Å². The van der Waals surface area contributed by atoms with Crippen LogP contribution in [0.4, 0.5) is 0 Å². The number of hydrazine groups is 3. The monoisotopic (exact) mass is 304 g/mol. The van der Waals surface area contributed by atoms with Crippen molar-refractivity contribution in [1.29, 1.82) is 0 Å². The fourth-order valence-electron chi connectivity index (χ4n) is 6.94. The third-order valence-corrected chi connectivity index (χ3v) is 8.00. The van der Waals surface area contributed by atoms with Gasteiger partial charge in [0.15, 0.2) is 0 Å². The van der Waals surface area contributed by atoms with E-state index in [0.717, 1.165) is 35.5 Å². The molecule has 0 aromatic rings. The Kier molecular flexibility index (Phi) is 3.70. The smallest absolute Gasteiger partial charge is 0.0396 e. The minimum atomic E-state index is 0.616. The maximum atomic E-state index is 3.45. The van der Waals surface area contributed by atoms with E-state index in [-0.39, 0.29) is 0 Å². The van der Waals surface area contributed by atoms with Crippen LogP contribution in [0.3, 0.4) is 0 Å². The molecule has 0 aromatic carbocycles. The summed E-state index contributed by atoms with van der Waals surface area (Å²) in [6.45, 7) is 0. The summed E-state index contributed by atoms with van der Waals surface area (Å²) in [5.41, 5.74) is 13.0. The van der Waals surface area contributed by atoms with E-state index in [9.17, 15) is 0 Å². The number of hydrogen-bond acceptors (Lipinski definition) is 4. The van der Waals surface area contributed by atoms with Crippen LogP contribution >= 0.6 is 0 Å². The molecule has 4 saturated carbocycles. The van der Waals surface area contributed by atoms with Crippen molar-refractivity contribution in [3.63, 3.8) is 0 Å². The molecule has 1 heterocycles. The van der Waals surface area contributed by atoms with Crippen molar-refractivity contribution in [2.24, 2.45) is 35.5 Å². The van der Waals surface area contributed by atoms with Crippen LogP contribution in [-0.4, -0.2) is 12.1 Å². The van der Waals surface area contributed by atoms with Crippen LogP contribution in [0.15, 0.2) is 0 Å². The Hall–Kier alpha value is -0.160. The van der Waals surface area contributed by atoms with E-state index in [0.29, 0.717) is 12.1 Å². The van der Waals surface area contributed by atoms with Crippen LogP contribution in [0, 0.1) is 35.5 Å². The van der Waals surface area contributed by atoms with Crippen molar-refractivity contribution in [3.8, 4) is 0 Å². The number of hydrogen-bond donors (Lipinski definition) is 4. The van der Waals surface area contributed by atoms with E-state index < -0.39 is 0 Å². The molecule has 0 radical (unpaired) electrons. The molecule has 4 aliphatic carbocycles. The minimum absolute atomic E-state index is 0.616. The van der Waals surface area contributed by atoms with Gasteiger partial charge in [-0.15, -0.1) is 0 Å². The molecule has 4 heteroatoms. The summed E-state index contributed by atoms with van der Waals surface area (Å²) in [5.74, 6) is 6.31. The van der Waals surface area contributed by atoms with Gasteiger partial charge in [0.25, 0.3) is 0 Å². The Morgan fingerprint density at radius 2 is 0.864 bits per heavy atom. The summed E-state index contributed by atoms with van der Waals surface area (Å²) in [4.78, 5) is 0. The van der Waals surface area contributed by atoms with Crippen molar-refractivity contribution in [2.75, 3.05) is 0 Å². The first-order valence-electron chi connectivity index (χ1n) is 9.88. The Labute approximate surface area is 134 Å². The molecule has 0 aromatic heterocycles. The quantitative estimate of drug-likeness (QED) is 0.555. The fraction of sp³-hybridized carbons (Fsp3) is 1.00. The van der Waals surface area contributed by atoms with Crippen LogP contribution in [0.5, 0.6) is 0 Å². The lowest BCUT2D eigenvalue weighted by Gasteiger charge is -2.54. The third-order valence-electron chi connectivity index (χ3n) is 8.00. The van der Waals surface area contributed by atoms with Gasteiger partial charge in [0, 0.05) is 12.1 Å². The number of rotatable bonds is 0. The maximum Gasteiger partial charge on any atom is 0.0396 e. The van der Waals surface area contributed by atoms with Gasteiger partial charge in [0.05, 0.1) is 0 Å². The predicted octanol–water partition coefficient (Wildman–Crippen LogP) is 2.49. The molecule has 0 bridgehead atoms. The first kappa shape index (κ1) is 14.2. The summed E-state index contributed by atoms with van der Waals surface area (Å²) in [6, 6.07) is 1.23. The molecule has 22 heavy (non-hydrogen) atoms. The second-order valence-corrected chi connectivity index (χ2v) is 9.01.